The summed E-state index contributed by atoms with van der Waals surface area (Å²) < 4.78 is 25.8. The summed E-state index contributed by atoms with van der Waals surface area (Å²) in [5.74, 6) is -2.69. The normalized spacial score (nSPS) is 25.5. The second-order valence-electron chi connectivity index (χ2n) is 6.92. The molecule has 1 heterocycles. The van der Waals surface area contributed by atoms with Crippen molar-refractivity contribution in [2.24, 2.45) is 5.92 Å². The highest BCUT2D eigenvalue weighted by Gasteiger charge is 2.56. The highest BCUT2D eigenvalue weighted by atomic mass is 19.3. The predicted octanol–water partition coefficient (Wildman–Crippen LogP) is 3.63. The van der Waals surface area contributed by atoms with Crippen LogP contribution in [0.25, 0.3) is 0 Å². The SMILES string of the molecule is CN(Cc1ccccc1)C1CCN(CCC2CC2(F)F)CC1. The lowest BCUT2D eigenvalue weighted by atomic mass is 10.0. The first-order valence-corrected chi connectivity index (χ1v) is 8.39. The van der Waals surface area contributed by atoms with Gasteiger partial charge in [-0.3, -0.25) is 4.90 Å². The van der Waals surface area contributed by atoms with Crippen LogP contribution in [-0.2, 0) is 6.54 Å². The molecule has 1 aliphatic heterocycles. The summed E-state index contributed by atoms with van der Waals surface area (Å²) in [5.41, 5.74) is 1.35. The molecule has 1 saturated carbocycles. The van der Waals surface area contributed by atoms with Crippen LogP contribution in [0.2, 0.25) is 0 Å². The number of likely N-dealkylation sites (tertiary alicyclic amines) is 1. The van der Waals surface area contributed by atoms with Crippen LogP contribution < -0.4 is 0 Å². The average Bonchev–Trinajstić information content (AvgIpc) is 3.14. The van der Waals surface area contributed by atoms with Gasteiger partial charge >= 0.3 is 0 Å². The standard InChI is InChI=1S/C18H26F2N2/c1-21(14-15-5-3-2-4-6-15)17-8-11-22(12-9-17)10-7-16-13-18(16,19)20/h2-6,16-17H,7-14H2,1H3. The van der Waals surface area contributed by atoms with Crippen LogP contribution in [0.1, 0.15) is 31.2 Å². The smallest absolute Gasteiger partial charge is 0.251 e. The van der Waals surface area contributed by atoms with Gasteiger partial charge in [0.05, 0.1) is 0 Å². The summed E-state index contributed by atoms with van der Waals surface area (Å²) in [4.78, 5) is 4.79. The Balaban J connectivity index is 1.38. The number of rotatable bonds is 6. The number of nitrogens with zero attached hydrogens (tertiary/aromatic N) is 2. The molecular weight excluding hydrogens is 282 g/mol. The number of piperidine rings is 1. The summed E-state index contributed by atoms with van der Waals surface area (Å²) in [6.07, 6.45) is 3.07. The first-order chi connectivity index (χ1) is 10.5. The third kappa shape index (κ3) is 4.05. The molecule has 122 valence electrons. The van der Waals surface area contributed by atoms with Crippen LogP contribution in [0, 0.1) is 5.92 Å². The number of alkyl halides is 2. The quantitative estimate of drug-likeness (QED) is 0.792. The molecule has 1 saturated heterocycles. The summed E-state index contributed by atoms with van der Waals surface area (Å²) in [7, 11) is 2.19. The van der Waals surface area contributed by atoms with Crippen LogP contribution in [0.15, 0.2) is 30.3 Å². The minimum atomic E-state index is -2.35. The minimum absolute atomic E-state index is 0.114. The number of halogens is 2. The summed E-state index contributed by atoms with van der Waals surface area (Å²) in [5, 5.41) is 0. The van der Waals surface area contributed by atoms with Crippen molar-refractivity contribution in [2.75, 3.05) is 26.7 Å². The minimum Gasteiger partial charge on any atom is -0.303 e. The molecule has 0 N–H and O–H groups in total. The van der Waals surface area contributed by atoms with Gasteiger partial charge in [0.15, 0.2) is 0 Å². The molecule has 1 atom stereocenters. The topological polar surface area (TPSA) is 6.48 Å². The lowest BCUT2D eigenvalue weighted by Gasteiger charge is -2.36. The predicted molar refractivity (Wildman–Crippen MR) is 85.0 cm³/mol. The van der Waals surface area contributed by atoms with Crippen LogP contribution in [-0.4, -0.2) is 48.4 Å². The van der Waals surface area contributed by atoms with Gasteiger partial charge in [-0.1, -0.05) is 30.3 Å². The fourth-order valence-corrected chi connectivity index (χ4v) is 3.51. The van der Waals surface area contributed by atoms with Gasteiger partial charge < -0.3 is 4.90 Å². The van der Waals surface area contributed by atoms with Crippen molar-refractivity contribution in [3.63, 3.8) is 0 Å². The van der Waals surface area contributed by atoms with Crippen LogP contribution in [0.4, 0.5) is 8.78 Å². The Kier molecular flexibility index (Phi) is 4.79. The van der Waals surface area contributed by atoms with Crippen molar-refractivity contribution in [3.05, 3.63) is 35.9 Å². The van der Waals surface area contributed by atoms with E-state index in [1.807, 2.05) is 6.07 Å². The van der Waals surface area contributed by atoms with Gasteiger partial charge in [-0.2, -0.15) is 0 Å². The number of hydrogen-bond acceptors (Lipinski definition) is 2. The molecule has 2 fully saturated rings. The highest BCUT2D eigenvalue weighted by molar-refractivity contribution is 5.14. The molecule has 0 radical (unpaired) electrons. The van der Waals surface area contributed by atoms with Gasteiger partial charge in [0, 0.05) is 24.9 Å². The zero-order valence-corrected chi connectivity index (χ0v) is 13.3. The number of benzene rings is 1. The van der Waals surface area contributed by atoms with Crippen molar-refractivity contribution in [3.8, 4) is 0 Å². The zero-order chi connectivity index (χ0) is 15.6. The van der Waals surface area contributed by atoms with E-state index in [1.165, 1.54) is 5.56 Å². The van der Waals surface area contributed by atoms with Crippen molar-refractivity contribution in [2.45, 2.75) is 44.2 Å². The fourth-order valence-electron chi connectivity index (χ4n) is 3.51. The van der Waals surface area contributed by atoms with Crippen molar-refractivity contribution in [1.82, 2.24) is 9.80 Å². The average molecular weight is 308 g/mol. The maximum absolute atomic E-state index is 12.9. The third-order valence-electron chi connectivity index (χ3n) is 5.20. The Hall–Kier alpha value is -1.00. The maximum atomic E-state index is 12.9. The molecule has 2 aliphatic rings. The Bertz CT molecular complexity index is 469. The summed E-state index contributed by atoms with van der Waals surface area (Å²) >= 11 is 0. The molecule has 0 bridgehead atoms. The Labute approximate surface area is 132 Å². The largest absolute Gasteiger partial charge is 0.303 e. The van der Waals surface area contributed by atoms with Crippen molar-refractivity contribution in [1.29, 1.82) is 0 Å². The molecule has 2 nitrogen and oxygen atoms in total. The molecular formula is C18H26F2N2. The van der Waals surface area contributed by atoms with Crippen LogP contribution >= 0.6 is 0 Å². The molecule has 1 aromatic rings. The Morgan fingerprint density at radius 2 is 1.82 bits per heavy atom. The van der Waals surface area contributed by atoms with E-state index in [2.05, 4.69) is 41.1 Å². The van der Waals surface area contributed by atoms with E-state index in [0.29, 0.717) is 12.5 Å². The molecule has 4 heteroatoms. The summed E-state index contributed by atoms with van der Waals surface area (Å²) in [6.45, 7) is 3.92. The number of hydrogen-bond donors (Lipinski definition) is 0. The molecule has 1 aromatic carbocycles. The van der Waals surface area contributed by atoms with E-state index in [0.717, 1.165) is 39.0 Å². The van der Waals surface area contributed by atoms with E-state index in [1.54, 1.807) is 0 Å². The van der Waals surface area contributed by atoms with Gasteiger partial charge in [-0.25, -0.2) is 8.78 Å². The van der Waals surface area contributed by atoms with Crippen molar-refractivity contribution < 1.29 is 8.78 Å². The monoisotopic (exact) mass is 308 g/mol. The second kappa shape index (κ2) is 6.63. The fraction of sp³-hybridized carbons (Fsp3) is 0.667. The van der Waals surface area contributed by atoms with Gasteiger partial charge in [0.25, 0.3) is 5.92 Å². The summed E-state index contributed by atoms with van der Waals surface area (Å²) in [6, 6.07) is 11.2. The van der Waals surface area contributed by atoms with Gasteiger partial charge in [-0.15, -0.1) is 0 Å². The van der Waals surface area contributed by atoms with Gasteiger partial charge in [0.1, 0.15) is 0 Å². The van der Waals surface area contributed by atoms with E-state index in [9.17, 15) is 8.78 Å². The highest BCUT2D eigenvalue weighted by Crippen LogP contribution is 2.50. The molecule has 1 unspecified atom stereocenters. The molecule has 0 aromatic heterocycles. The molecule has 1 aliphatic carbocycles. The van der Waals surface area contributed by atoms with Gasteiger partial charge in [0.2, 0.25) is 0 Å². The Morgan fingerprint density at radius 3 is 2.41 bits per heavy atom. The van der Waals surface area contributed by atoms with E-state index in [4.69, 9.17) is 0 Å². The molecule has 22 heavy (non-hydrogen) atoms. The first kappa shape index (κ1) is 15.9. The van der Waals surface area contributed by atoms with E-state index >= 15 is 0 Å². The first-order valence-electron chi connectivity index (χ1n) is 8.39. The van der Waals surface area contributed by atoms with Crippen LogP contribution in [0.5, 0.6) is 0 Å². The third-order valence-corrected chi connectivity index (χ3v) is 5.20. The zero-order valence-electron chi connectivity index (χ0n) is 13.3. The lowest BCUT2D eigenvalue weighted by molar-refractivity contribution is 0.0872. The van der Waals surface area contributed by atoms with E-state index < -0.39 is 5.92 Å². The van der Waals surface area contributed by atoms with Crippen LogP contribution in [0.3, 0.4) is 0 Å². The van der Waals surface area contributed by atoms with Crippen molar-refractivity contribution >= 4 is 0 Å². The van der Waals surface area contributed by atoms with E-state index in [-0.39, 0.29) is 12.3 Å². The lowest BCUT2D eigenvalue weighted by Crippen LogP contribution is -2.43. The molecule has 0 amide bonds. The maximum Gasteiger partial charge on any atom is 0.251 e. The van der Waals surface area contributed by atoms with Gasteiger partial charge in [-0.05, 0) is 51.5 Å². The molecule has 0 spiro atoms. The molecule has 3 rings (SSSR count). The second-order valence-corrected chi connectivity index (χ2v) is 6.92. The Morgan fingerprint density at radius 1 is 1.18 bits per heavy atom.